The van der Waals surface area contributed by atoms with E-state index in [2.05, 4.69) is 0 Å². The van der Waals surface area contributed by atoms with Gasteiger partial charge in [0.1, 0.15) is 0 Å². The van der Waals surface area contributed by atoms with Crippen molar-refractivity contribution in [2.45, 2.75) is 19.5 Å². The third kappa shape index (κ3) is 2.96. The van der Waals surface area contributed by atoms with E-state index in [1.165, 1.54) is 11.0 Å². The number of rotatable bonds is 2. The largest absolute Gasteiger partial charge is 0.465 e. The number of carbonyl (C=O) groups is 1. The number of anilines is 1. The molecule has 1 saturated heterocycles. The molecule has 1 aromatic carbocycles. The van der Waals surface area contributed by atoms with Crippen LogP contribution in [0.3, 0.4) is 0 Å². The van der Waals surface area contributed by atoms with Crippen molar-refractivity contribution in [2.75, 3.05) is 25.4 Å². The number of nitrogens with zero attached hydrogens (tertiary/aromatic N) is 2. The Bertz CT molecular complexity index is 481. The molecule has 1 atom stereocenters. The SMILES string of the molecule is C[C@@H]1CN(Cc2cccc(N)c2F)CCN1C(=O)O. The van der Waals surface area contributed by atoms with Crippen molar-refractivity contribution in [3.63, 3.8) is 0 Å². The van der Waals surface area contributed by atoms with Crippen molar-refractivity contribution in [3.8, 4) is 0 Å². The number of amides is 1. The molecule has 0 aromatic heterocycles. The van der Waals surface area contributed by atoms with E-state index in [-0.39, 0.29) is 17.5 Å². The molecule has 1 amide bonds. The second kappa shape index (κ2) is 5.44. The molecule has 19 heavy (non-hydrogen) atoms. The van der Waals surface area contributed by atoms with Crippen LogP contribution in [-0.4, -0.2) is 46.7 Å². The predicted molar refractivity (Wildman–Crippen MR) is 70.3 cm³/mol. The monoisotopic (exact) mass is 267 g/mol. The first-order valence-corrected chi connectivity index (χ1v) is 6.24. The molecular weight excluding hydrogens is 249 g/mol. The van der Waals surface area contributed by atoms with Crippen molar-refractivity contribution in [1.29, 1.82) is 0 Å². The summed E-state index contributed by atoms with van der Waals surface area (Å²) in [5.74, 6) is -0.379. The normalized spacial score (nSPS) is 20.5. The van der Waals surface area contributed by atoms with Gasteiger partial charge in [0, 0.05) is 37.8 Å². The van der Waals surface area contributed by atoms with Crippen molar-refractivity contribution in [3.05, 3.63) is 29.6 Å². The highest BCUT2D eigenvalue weighted by Gasteiger charge is 2.27. The van der Waals surface area contributed by atoms with Gasteiger partial charge in [-0.15, -0.1) is 0 Å². The van der Waals surface area contributed by atoms with Gasteiger partial charge < -0.3 is 15.7 Å². The van der Waals surface area contributed by atoms with Crippen molar-refractivity contribution >= 4 is 11.8 Å². The minimum atomic E-state index is -0.901. The molecule has 0 aliphatic carbocycles. The lowest BCUT2D eigenvalue weighted by Gasteiger charge is -2.38. The van der Waals surface area contributed by atoms with Crippen LogP contribution >= 0.6 is 0 Å². The van der Waals surface area contributed by atoms with E-state index < -0.39 is 6.09 Å². The van der Waals surface area contributed by atoms with Crippen LogP contribution in [0.4, 0.5) is 14.9 Å². The van der Waals surface area contributed by atoms with E-state index in [4.69, 9.17) is 10.8 Å². The summed E-state index contributed by atoms with van der Waals surface area (Å²) in [6.07, 6.45) is -0.901. The molecule has 5 nitrogen and oxygen atoms in total. The zero-order valence-electron chi connectivity index (χ0n) is 10.8. The Kier molecular flexibility index (Phi) is 3.90. The second-order valence-corrected chi connectivity index (χ2v) is 4.88. The first-order chi connectivity index (χ1) is 8.99. The third-order valence-corrected chi connectivity index (χ3v) is 3.46. The van der Waals surface area contributed by atoms with E-state index in [0.29, 0.717) is 31.7 Å². The number of piperazine rings is 1. The molecule has 1 aliphatic rings. The lowest BCUT2D eigenvalue weighted by molar-refractivity contribution is 0.0707. The van der Waals surface area contributed by atoms with Crippen LogP contribution in [0.15, 0.2) is 18.2 Å². The van der Waals surface area contributed by atoms with Gasteiger partial charge in [0.2, 0.25) is 0 Å². The van der Waals surface area contributed by atoms with Gasteiger partial charge in [-0.25, -0.2) is 9.18 Å². The summed E-state index contributed by atoms with van der Waals surface area (Å²) >= 11 is 0. The minimum Gasteiger partial charge on any atom is -0.465 e. The summed E-state index contributed by atoms with van der Waals surface area (Å²) in [5, 5.41) is 9.00. The van der Waals surface area contributed by atoms with Crippen LogP contribution in [0, 0.1) is 5.82 Å². The van der Waals surface area contributed by atoms with Gasteiger partial charge in [0.25, 0.3) is 0 Å². The Balaban J connectivity index is 2.02. The summed E-state index contributed by atoms with van der Waals surface area (Å²) < 4.78 is 13.8. The maximum Gasteiger partial charge on any atom is 0.407 e. The fourth-order valence-electron chi connectivity index (χ4n) is 2.42. The molecule has 1 fully saturated rings. The first kappa shape index (κ1) is 13.6. The number of hydrogen-bond acceptors (Lipinski definition) is 3. The molecular formula is C13H18FN3O2. The molecule has 6 heteroatoms. The highest BCUT2D eigenvalue weighted by molar-refractivity contribution is 5.65. The maximum absolute atomic E-state index is 13.8. The van der Waals surface area contributed by atoms with Crippen LogP contribution in [0.2, 0.25) is 0 Å². The summed E-state index contributed by atoms with van der Waals surface area (Å²) in [6.45, 7) is 3.95. The number of halogens is 1. The standard InChI is InChI=1S/C13H18FN3O2/c1-9-7-16(5-6-17(9)13(18)19)8-10-3-2-4-11(15)12(10)14/h2-4,9H,5-8,15H2,1H3,(H,18,19)/t9-/m1/s1. The van der Waals surface area contributed by atoms with Gasteiger partial charge >= 0.3 is 6.09 Å². The molecule has 0 bridgehead atoms. The fraction of sp³-hybridized carbons (Fsp3) is 0.462. The average molecular weight is 267 g/mol. The smallest absolute Gasteiger partial charge is 0.407 e. The Morgan fingerprint density at radius 3 is 2.89 bits per heavy atom. The summed E-state index contributed by atoms with van der Waals surface area (Å²) in [5.41, 5.74) is 6.24. The van der Waals surface area contributed by atoms with Gasteiger partial charge in [0.05, 0.1) is 5.69 Å². The Labute approximate surface area is 111 Å². The van der Waals surface area contributed by atoms with E-state index >= 15 is 0 Å². The molecule has 0 unspecified atom stereocenters. The van der Waals surface area contributed by atoms with Gasteiger partial charge in [-0.1, -0.05) is 12.1 Å². The van der Waals surface area contributed by atoms with Crippen LogP contribution < -0.4 is 5.73 Å². The van der Waals surface area contributed by atoms with Crippen molar-refractivity contribution in [2.24, 2.45) is 0 Å². The van der Waals surface area contributed by atoms with Crippen LogP contribution in [0.5, 0.6) is 0 Å². The number of benzene rings is 1. The van der Waals surface area contributed by atoms with Gasteiger partial charge in [0.15, 0.2) is 5.82 Å². The Hall–Kier alpha value is -1.82. The number of nitrogen functional groups attached to an aromatic ring is 1. The number of carboxylic acid groups (broad SMARTS) is 1. The highest BCUT2D eigenvalue weighted by Crippen LogP contribution is 2.18. The minimum absolute atomic E-state index is 0.0876. The highest BCUT2D eigenvalue weighted by atomic mass is 19.1. The van der Waals surface area contributed by atoms with Gasteiger partial charge in [-0.05, 0) is 13.0 Å². The average Bonchev–Trinajstić information content (AvgIpc) is 2.34. The van der Waals surface area contributed by atoms with E-state index in [1.807, 2.05) is 11.8 Å². The summed E-state index contributed by atoms with van der Waals surface area (Å²) in [4.78, 5) is 14.4. The van der Waals surface area contributed by atoms with E-state index in [9.17, 15) is 9.18 Å². The number of hydrogen-bond donors (Lipinski definition) is 2. The molecule has 2 rings (SSSR count). The first-order valence-electron chi connectivity index (χ1n) is 6.24. The van der Waals surface area contributed by atoms with Crippen molar-refractivity contribution in [1.82, 2.24) is 9.80 Å². The van der Waals surface area contributed by atoms with E-state index in [0.717, 1.165) is 0 Å². The molecule has 0 radical (unpaired) electrons. The van der Waals surface area contributed by atoms with Gasteiger partial charge in [-0.3, -0.25) is 4.90 Å². The second-order valence-electron chi connectivity index (χ2n) is 4.88. The van der Waals surface area contributed by atoms with Crippen molar-refractivity contribution < 1.29 is 14.3 Å². The van der Waals surface area contributed by atoms with Crippen LogP contribution in [0.1, 0.15) is 12.5 Å². The summed E-state index contributed by atoms with van der Waals surface area (Å²) in [7, 11) is 0. The number of nitrogens with two attached hydrogens (primary N) is 1. The molecule has 0 saturated carbocycles. The Morgan fingerprint density at radius 1 is 1.53 bits per heavy atom. The molecule has 1 aliphatic heterocycles. The third-order valence-electron chi connectivity index (χ3n) is 3.46. The predicted octanol–water partition coefficient (Wildman–Crippen LogP) is 1.59. The Morgan fingerprint density at radius 2 is 2.26 bits per heavy atom. The fourth-order valence-corrected chi connectivity index (χ4v) is 2.42. The quantitative estimate of drug-likeness (QED) is 0.798. The van der Waals surface area contributed by atoms with E-state index in [1.54, 1.807) is 12.1 Å². The van der Waals surface area contributed by atoms with Gasteiger partial charge in [-0.2, -0.15) is 0 Å². The lowest BCUT2D eigenvalue weighted by Crippen LogP contribution is -2.53. The lowest BCUT2D eigenvalue weighted by atomic mass is 10.1. The maximum atomic E-state index is 13.8. The topological polar surface area (TPSA) is 69.8 Å². The molecule has 0 spiro atoms. The molecule has 1 heterocycles. The molecule has 104 valence electrons. The zero-order chi connectivity index (χ0) is 14.0. The molecule has 3 N–H and O–H groups in total. The zero-order valence-corrected chi connectivity index (χ0v) is 10.8. The van der Waals surface area contributed by atoms with Crippen LogP contribution in [0.25, 0.3) is 0 Å². The molecule has 1 aromatic rings. The van der Waals surface area contributed by atoms with Crippen LogP contribution in [-0.2, 0) is 6.54 Å². The summed E-state index contributed by atoms with van der Waals surface area (Å²) in [6, 6.07) is 4.88.